The van der Waals surface area contributed by atoms with Gasteiger partial charge < -0.3 is 5.32 Å². The molecule has 1 fully saturated rings. The summed E-state index contributed by atoms with van der Waals surface area (Å²) in [6.45, 7) is 7.22. The van der Waals surface area contributed by atoms with Gasteiger partial charge >= 0.3 is 0 Å². The lowest BCUT2D eigenvalue weighted by Crippen LogP contribution is -2.69. The molecule has 1 aliphatic heterocycles. The van der Waals surface area contributed by atoms with Gasteiger partial charge in [0.2, 0.25) is 5.91 Å². The maximum absolute atomic E-state index is 12.8. The van der Waals surface area contributed by atoms with E-state index in [9.17, 15) is 9.59 Å². The van der Waals surface area contributed by atoms with Gasteiger partial charge in [0.25, 0.3) is 5.91 Å². The molecule has 1 unspecified atom stereocenters. The lowest BCUT2D eigenvalue weighted by molar-refractivity contribution is -0.138. The van der Waals surface area contributed by atoms with Crippen LogP contribution >= 0.6 is 27.5 Å². The first-order valence-electron chi connectivity index (χ1n) is 6.76. The highest BCUT2D eigenvalue weighted by molar-refractivity contribution is 9.10. The van der Waals surface area contributed by atoms with Crippen molar-refractivity contribution in [1.29, 1.82) is 0 Å². The Morgan fingerprint density at radius 2 is 1.95 bits per heavy atom. The monoisotopic (exact) mass is 372 g/mol. The molecule has 2 amide bonds. The van der Waals surface area contributed by atoms with Crippen molar-refractivity contribution in [3.8, 4) is 0 Å². The van der Waals surface area contributed by atoms with Crippen molar-refractivity contribution >= 4 is 45.0 Å². The molecule has 1 atom stereocenters. The van der Waals surface area contributed by atoms with E-state index in [1.165, 1.54) is 4.90 Å². The van der Waals surface area contributed by atoms with Crippen molar-refractivity contribution in [3.63, 3.8) is 0 Å². The number of piperazine rings is 1. The van der Waals surface area contributed by atoms with Gasteiger partial charge in [0, 0.05) is 4.47 Å². The first kappa shape index (κ1) is 16.3. The fourth-order valence-corrected chi connectivity index (χ4v) is 3.28. The summed E-state index contributed by atoms with van der Waals surface area (Å²) in [6, 6.07) is 4.73. The molecule has 0 aliphatic carbocycles. The van der Waals surface area contributed by atoms with Gasteiger partial charge in [-0.05, 0) is 38.0 Å². The zero-order chi connectivity index (χ0) is 15.9. The normalized spacial score (nSPS) is 21.7. The Morgan fingerprint density at radius 1 is 1.33 bits per heavy atom. The second kappa shape index (κ2) is 5.61. The van der Waals surface area contributed by atoms with E-state index < -0.39 is 11.6 Å². The number of nitrogens with one attached hydrogen (secondary N) is 1. The van der Waals surface area contributed by atoms with Crippen molar-refractivity contribution in [1.82, 2.24) is 5.32 Å². The number of benzene rings is 1. The molecule has 0 spiro atoms. The summed E-state index contributed by atoms with van der Waals surface area (Å²) < 4.78 is 0.825. The lowest BCUT2D eigenvalue weighted by Gasteiger charge is -2.44. The van der Waals surface area contributed by atoms with Crippen LogP contribution in [0.25, 0.3) is 0 Å². The average Bonchev–Trinajstić information content (AvgIpc) is 2.33. The van der Waals surface area contributed by atoms with Gasteiger partial charge in [0.15, 0.2) is 0 Å². The Balaban J connectivity index is 2.58. The molecule has 1 heterocycles. The fourth-order valence-electron chi connectivity index (χ4n) is 2.52. The Labute approximate surface area is 138 Å². The summed E-state index contributed by atoms with van der Waals surface area (Å²) in [7, 11) is 0. The predicted octanol–water partition coefficient (Wildman–Crippen LogP) is 3.37. The fraction of sp³-hybridized carbons (Fsp3) is 0.467. The van der Waals surface area contributed by atoms with Crippen LogP contribution in [0, 0.1) is 5.92 Å². The summed E-state index contributed by atoms with van der Waals surface area (Å²) in [5.74, 6) is -0.344. The molecule has 0 bridgehead atoms. The van der Waals surface area contributed by atoms with Crippen LogP contribution < -0.4 is 10.2 Å². The number of amides is 2. The van der Waals surface area contributed by atoms with Crippen LogP contribution in [-0.4, -0.2) is 23.4 Å². The Kier molecular flexibility index (Phi) is 4.36. The summed E-state index contributed by atoms with van der Waals surface area (Å²) in [6.07, 6.45) is 0. The molecule has 1 aromatic carbocycles. The van der Waals surface area contributed by atoms with Crippen molar-refractivity contribution in [3.05, 3.63) is 27.7 Å². The van der Waals surface area contributed by atoms with Gasteiger partial charge in [-0.25, -0.2) is 0 Å². The van der Waals surface area contributed by atoms with Crippen molar-refractivity contribution in [2.75, 3.05) is 4.90 Å². The molecule has 6 heteroatoms. The molecule has 1 aliphatic rings. The lowest BCUT2D eigenvalue weighted by atomic mass is 9.91. The number of hydrogen-bond donors (Lipinski definition) is 1. The summed E-state index contributed by atoms with van der Waals surface area (Å²) >= 11 is 9.63. The van der Waals surface area contributed by atoms with E-state index in [-0.39, 0.29) is 17.7 Å². The summed E-state index contributed by atoms with van der Waals surface area (Å²) in [4.78, 5) is 26.7. The quantitative estimate of drug-likeness (QED) is 0.864. The molecule has 2 rings (SSSR count). The Hall–Kier alpha value is -1.07. The van der Waals surface area contributed by atoms with Crippen LogP contribution in [0.2, 0.25) is 5.02 Å². The SMILES string of the molecule is CC(C)C1C(=O)NC(C)(C)C(=O)N1c1ccc(Br)cc1Cl. The molecule has 1 saturated heterocycles. The standard InChI is InChI=1S/C15H18BrClN2O2/c1-8(2)12-13(20)18-15(3,4)14(21)19(12)11-6-5-9(16)7-10(11)17/h5-8,12H,1-4H3,(H,18,20). The van der Waals surface area contributed by atoms with Crippen LogP contribution in [0.15, 0.2) is 22.7 Å². The third kappa shape index (κ3) is 2.94. The van der Waals surface area contributed by atoms with Crippen molar-refractivity contribution < 1.29 is 9.59 Å². The van der Waals surface area contributed by atoms with E-state index >= 15 is 0 Å². The third-order valence-corrected chi connectivity index (χ3v) is 4.33. The van der Waals surface area contributed by atoms with E-state index in [2.05, 4.69) is 21.2 Å². The van der Waals surface area contributed by atoms with E-state index in [0.717, 1.165) is 4.47 Å². The van der Waals surface area contributed by atoms with Crippen LogP contribution in [0.3, 0.4) is 0 Å². The number of carbonyl (C=O) groups excluding carboxylic acids is 2. The topological polar surface area (TPSA) is 49.4 Å². The number of halogens is 2. The largest absolute Gasteiger partial charge is 0.340 e. The van der Waals surface area contributed by atoms with Crippen LogP contribution in [0.1, 0.15) is 27.7 Å². The van der Waals surface area contributed by atoms with Crippen LogP contribution in [0.5, 0.6) is 0 Å². The van der Waals surface area contributed by atoms with E-state index in [0.29, 0.717) is 10.7 Å². The molecule has 1 aromatic rings. The first-order valence-corrected chi connectivity index (χ1v) is 7.93. The highest BCUT2D eigenvalue weighted by Gasteiger charge is 2.47. The number of nitrogens with zero attached hydrogens (tertiary/aromatic N) is 1. The van der Waals surface area contributed by atoms with Crippen LogP contribution in [-0.2, 0) is 9.59 Å². The molecule has 4 nitrogen and oxygen atoms in total. The highest BCUT2D eigenvalue weighted by atomic mass is 79.9. The second-order valence-electron chi connectivity index (χ2n) is 6.07. The van der Waals surface area contributed by atoms with Gasteiger partial charge in [-0.2, -0.15) is 0 Å². The van der Waals surface area contributed by atoms with Gasteiger partial charge in [-0.15, -0.1) is 0 Å². The van der Waals surface area contributed by atoms with Crippen LogP contribution in [0.4, 0.5) is 5.69 Å². The average molecular weight is 374 g/mol. The number of anilines is 1. The minimum absolute atomic E-state index is 0.0234. The van der Waals surface area contributed by atoms with E-state index in [4.69, 9.17) is 11.6 Å². The molecule has 21 heavy (non-hydrogen) atoms. The summed E-state index contributed by atoms with van der Waals surface area (Å²) in [5, 5.41) is 3.22. The number of hydrogen-bond acceptors (Lipinski definition) is 2. The molecule has 114 valence electrons. The van der Waals surface area contributed by atoms with E-state index in [1.54, 1.807) is 26.0 Å². The molecule has 0 aromatic heterocycles. The Morgan fingerprint density at radius 3 is 2.48 bits per heavy atom. The zero-order valence-electron chi connectivity index (χ0n) is 12.4. The minimum atomic E-state index is -0.946. The molecular weight excluding hydrogens is 356 g/mol. The van der Waals surface area contributed by atoms with Crippen molar-refractivity contribution in [2.24, 2.45) is 5.92 Å². The molecule has 0 saturated carbocycles. The maximum Gasteiger partial charge on any atom is 0.252 e. The van der Waals surface area contributed by atoms with Gasteiger partial charge in [0.1, 0.15) is 11.6 Å². The minimum Gasteiger partial charge on any atom is -0.340 e. The van der Waals surface area contributed by atoms with Gasteiger partial charge in [-0.1, -0.05) is 41.4 Å². The second-order valence-corrected chi connectivity index (χ2v) is 7.40. The van der Waals surface area contributed by atoms with Gasteiger partial charge in [0.05, 0.1) is 10.7 Å². The predicted molar refractivity (Wildman–Crippen MR) is 87.5 cm³/mol. The molecular formula is C15H18BrClN2O2. The maximum atomic E-state index is 12.8. The number of rotatable bonds is 2. The number of carbonyl (C=O) groups is 2. The zero-order valence-corrected chi connectivity index (χ0v) is 14.7. The van der Waals surface area contributed by atoms with E-state index in [1.807, 2.05) is 19.9 Å². The Bertz CT molecular complexity index is 601. The smallest absolute Gasteiger partial charge is 0.252 e. The molecule has 1 N–H and O–H groups in total. The summed E-state index contributed by atoms with van der Waals surface area (Å²) in [5.41, 5.74) is -0.384. The highest BCUT2D eigenvalue weighted by Crippen LogP contribution is 2.35. The first-order chi connectivity index (χ1) is 9.65. The molecule has 0 radical (unpaired) electrons. The third-order valence-electron chi connectivity index (χ3n) is 3.54. The van der Waals surface area contributed by atoms with Gasteiger partial charge in [-0.3, -0.25) is 14.5 Å². The van der Waals surface area contributed by atoms with Crippen molar-refractivity contribution in [2.45, 2.75) is 39.3 Å².